The van der Waals surface area contributed by atoms with Crippen molar-refractivity contribution in [2.45, 2.75) is 39.3 Å². The fraction of sp³-hybridized carbons (Fsp3) is 0.615. The van der Waals surface area contributed by atoms with Crippen LogP contribution in [-0.4, -0.2) is 29.0 Å². The summed E-state index contributed by atoms with van der Waals surface area (Å²) in [6.07, 6.45) is 0.564. The summed E-state index contributed by atoms with van der Waals surface area (Å²) in [6, 6.07) is 3.17. The summed E-state index contributed by atoms with van der Waals surface area (Å²) in [5.41, 5.74) is 0.911. The molecule has 0 spiro atoms. The first-order valence-corrected chi connectivity index (χ1v) is 5.75. The van der Waals surface area contributed by atoms with E-state index in [0.717, 1.165) is 11.4 Å². The maximum Gasteiger partial charge on any atom is 0.182 e. The first-order chi connectivity index (χ1) is 7.85. The highest BCUT2D eigenvalue weighted by Crippen LogP contribution is 2.15. The van der Waals surface area contributed by atoms with Gasteiger partial charge in [-0.3, -0.25) is 4.79 Å². The standard InChI is InChI=1S/C13H21NO3/c1-10-7-12(15)8-11(2)14(10)9-13(3,16)5-6-17-4/h7-8,16H,5-6,9H2,1-4H3. The van der Waals surface area contributed by atoms with Crippen molar-refractivity contribution >= 4 is 0 Å². The SMILES string of the molecule is COCCC(C)(O)Cn1c(C)cc(=O)cc1C. The molecule has 1 unspecified atom stereocenters. The Hall–Kier alpha value is -1.13. The van der Waals surface area contributed by atoms with Gasteiger partial charge >= 0.3 is 0 Å². The second kappa shape index (κ2) is 5.47. The van der Waals surface area contributed by atoms with Gasteiger partial charge in [0.1, 0.15) is 0 Å². The third kappa shape index (κ3) is 3.98. The lowest BCUT2D eigenvalue weighted by Crippen LogP contribution is -2.33. The van der Waals surface area contributed by atoms with E-state index in [1.54, 1.807) is 26.2 Å². The Morgan fingerprint density at radius 3 is 2.35 bits per heavy atom. The fourth-order valence-electron chi connectivity index (χ4n) is 1.88. The Morgan fingerprint density at radius 2 is 1.88 bits per heavy atom. The topological polar surface area (TPSA) is 51.5 Å². The molecule has 0 radical (unpaired) electrons. The van der Waals surface area contributed by atoms with Gasteiger partial charge in [0, 0.05) is 43.7 Å². The number of aromatic nitrogens is 1. The van der Waals surface area contributed by atoms with E-state index in [1.165, 1.54) is 0 Å². The highest BCUT2D eigenvalue weighted by Gasteiger charge is 2.21. The number of nitrogens with zero attached hydrogens (tertiary/aromatic N) is 1. The third-order valence-corrected chi connectivity index (χ3v) is 2.90. The lowest BCUT2D eigenvalue weighted by molar-refractivity contribution is 0.00907. The number of hydrogen-bond acceptors (Lipinski definition) is 3. The molecule has 0 bridgehead atoms. The summed E-state index contributed by atoms with van der Waals surface area (Å²) in [6.45, 7) is 6.52. The van der Waals surface area contributed by atoms with Crippen LogP contribution in [0.2, 0.25) is 0 Å². The zero-order valence-corrected chi connectivity index (χ0v) is 11.0. The molecule has 1 heterocycles. The number of ether oxygens (including phenoxy) is 1. The highest BCUT2D eigenvalue weighted by molar-refractivity contribution is 5.12. The van der Waals surface area contributed by atoms with Crippen molar-refractivity contribution in [2.24, 2.45) is 0 Å². The van der Waals surface area contributed by atoms with Gasteiger partial charge in [-0.05, 0) is 20.8 Å². The Morgan fingerprint density at radius 1 is 1.35 bits per heavy atom. The van der Waals surface area contributed by atoms with Crippen LogP contribution in [-0.2, 0) is 11.3 Å². The van der Waals surface area contributed by atoms with Gasteiger partial charge in [-0.25, -0.2) is 0 Å². The normalized spacial score (nSPS) is 14.6. The van der Waals surface area contributed by atoms with Crippen LogP contribution in [0.3, 0.4) is 0 Å². The molecular weight excluding hydrogens is 218 g/mol. The van der Waals surface area contributed by atoms with E-state index >= 15 is 0 Å². The third-order valence-electron chi connectivity index (χ3n) is 2.90. The van der Waals surface area contributed by atoms with Gasteiger partial charge < -0.3 is 14.4 Å². The first-order valence-electron chi connectivity index (χ1n) is 5.75. The summed E-state index contributed by atoms with van der Waals surface area (Å²) >= 11 is 0. The maximum atomic E-state index is 11.3. The first kappa shape index (κ1) is 13.9. The molecule has 96 valence electrons. The van der Waals surface area contributed by atoms with E-state index in [9.17, 15) is 9.90 Å². The number of methoxy groups -OCH3 is 1. The molecule has 1 aromatic rings. The molecule has 0 saturated carbocycles. The molecule has 4 nitrogen and oxygen atoms in total. The number of aliphatic hydroxyl groups is 1. The van der Waals surface area contributed by atoms with Crippen LogP contribution in [0.4, 0.5) is 0 Å². The van der Waals surface area contributed by atoms with Gasteiger partial charge in [-0.15, -0.1) is 0 Å². The quantitative estimate of drug-likeness (QED) is 0.841. The fourth-order valence-corrected chi connectivity index (χ4v) is 1.88. The average molecular weight is 239 g/mol. The van der Waals surface area contributed by atoms with E-state index in [-0.39, 0.29) is 5.43 Å². The lowest BCUT2D eigenvalue weighted by atomic mass is 10.0. The lowest BCUT2D eigenvalue weighted by Gasteiger charge is -2.27. The van der Waals surface area contributed by atoms with Crippen molar-refractivity contribution in [3.63, 3.8) is 0 Å². The largest absolute Gasteiger partial charge is 0.388 e. The van der Waals surface area contributed by atoms with Crippen LogP contribution in [0, 0.1) is 13.8 Å². The van der Waals surface area contributed by atoms with Crippen molar-refractivity contribution in [1.82, 2.24) is 4.57 Å². The van der Waals surface area contributed by atoms with Crippen molar-refractivity contribution < 1.29 is 9.84 Å². The summed E-state index contributed by atoms with van der Waals surface area (Å²) in [7, 11) is 1.62. The second-order valence-electron chi connectivity index (χ2n) is 4.80. The van der Waals surface area contributed by atoms with Crippen LogP contribution >= 0.6 is 0 Å². The van der Waals surface area contributed by atoms with Crippen LogP contribution in [0.25, 0.3) is 0 Å². The molecule has 0 fully saturated rings. The number of pyridine rings is 1. The number of aryl methyl sites for hydroxylation is 2. The Bertz CT molecular complexity index is 409. The molecule has 0 aliphatic heterocycles. The maximum absolute atomic E-state index is 11.3. The van der Waals surface area contributed by atoms with Crippen molar-refractivity contribution in [1.29, 1.82) is 0 Å². The molecule has 17 heavy (non-hydrogen) atoms. The summed E-state index contributed by atoms with van der Waals surface area (Å²) in [4.78, 5) is 11.3. The van der Waals surface area contributed by atoms with Gasteiger partial charge in [0.15, 0.2) is 5.43 Å². The van der Waals surface area contributed by atoms with Crippen LogP contribution in [0.1, 0.15) is 24.7 Å². The van der Waals surface area contributed by atoms with Crippen molar-refractivity contribution in [3.8, 4) is 0 Å². The molecular formula is C13H21NO3. The van der Waals surface area contributed by atoms with Gasteiger partial charge in [-0.2, -0.15) is 0 Å². The predicted molar refractivity (Wildman–Crippen MR) is 67.3 cm³/mol. The highest BCUT2D eigenvalue weighted by atomic mass is 16.5. The minimum atomic E-state index is -0.833. The summed E-state index contributed by atoms with van der Waals surface area (Å²) in [5.74, 6) is 0. The van der Waals surface area contributed by atoms with E-state index in [4.69, 9.17) is 4.74 Å². The second-order valence-corrected chi connectivity index (χ2v) is 4.80. The Kier molecular flexibility index (Phi) is 4.48. The molecule has 1 atom stereocenters. The van der Waals surface area contributed by atoms with Crippen molar-refractivity contribution in [3.05, 3.63) is 33.7 Å². The zero-order valence-electron chi connectivity index (χ0n) is 11.0. The van der Waals surface area contributed by atoms with E-state index in [1.807, 2.05) is 18.4 Å². The molecule has 0 aliphatic rings. The molecule has 4 heteroatoms. The minimum Gasteiger partial charge on any atom is -0.388 e. The van der Waals surface area contributed by atoms with Gasteiger partial charge in [0.05, 0.1) is 12.1 Å². The van der Waals surface area contributed by atoms with Gasteiger partial charge in [0.2, 0.25) is 0 Å². The molecule has 0 amide bonds. The van der Waals surface area contributed by atoms with Crippen LogP contribution < -0.4 is 5.43 Å². The summed E-state index contributed by atoms with van der Waals surface area (Å²) in [5, 5.41) is 10.2. The smallest absolute Gasteiger partial charge is 0.182 e. The van der Waals surface area contributed by atoms with E-state index in [0.29, 0.717) is 19.6 Å². The van der Waals surface area contributed by atoms with Gasteiger partial charge in [-0.1, -0.05) is 0 Å². The molecule has 0 aliphatic carbocycles. The monoisotopic (exact) mass is 239 g/mol. The predicted octanol–water partition coefficient (Wildman–Crippen LogP) is 1.25. The number of hydrogen-bond donors (Lipinski definition) is 1. The van der Waals surface area contributed by atoms with Crippen molar-refractivity contribution in [2.75, 3.05) is 13.7 Å². The minimum absolute atomic E-state index is 0.00721. The molecule has 1 aromatic heterocycles. The summed E-state index contributed by atoms with van der Waals surface area (Å²) < 4.78 is 6.93. The molecule has 1 N–H and O–H groups in total. The van der Waals surface area contributed by atoms with Gasteiger partial charge in [0.25, 0.3) is 0 Å². The van der Waals surface area contributed by atoms with Crippen LogP contribution in [0.15, 0.2) is 16.9 Å². The molecule has 0 aromatic carbocycles. The Labute approximate surface area is 102 Å². The van der Waals surface area contributed by atoms with E-state index < -0.39 is 5.60 Å². The molecule has 1 rings (SSSR count). The number of rotatable bonds is 5. The van der Waals surface area contributed by atoms with Crippen LogP contribution in [0.5, 0.6) is 0 Å². The van der Waals surface area contributed by atoms with E-state index in [2.05, 4.69) is 0 Å². The average Bonchev–Trinajstić information content (AvgIpc) is 2.21. The Balaban J connectivity index is 2.91. The molecule has 0 saturated heterocycles. The zero-order chi connectivity index (χ0) is 13.1.